The van der Waals surface area contributed by atoms with Crippen molar-refractivity contribution >= 4 is 28.7 Å². The highest BCUT2D eigenvalue weighted by Crippen LogP contribution is 2.06. The highest BCUT2D eigenvalue weighted by molar-refractivity contribution is 8.13. The summed E-state index contributed by atoms with van der Waals surface area (Å²) in [6.45, 7) is 1.90. The van der Waals surface area contributed by atoms with Gasteiger partial charge in [-0.25, -0.2) is 0 Å². The van der Waals surface area contributed by atoms with Crippen molar-refractivity contribution in [2.24, 2.45) is 0 Å². The van der Waals surface area contributed by atoms with E-state index < -0.39 is 0 Å². The number of rotatable bonds is 5. The zero-order valence-corrected chi connectivity index (χ0v) is 10.00. The molecule has 0 aliphatic carbocycles. The van der Waals surface area contributed by atoms with Gasteiger partial charge in [0.1, 0.15) is 0 Å². The zero-order chi connectivity index (χ0) is 11.8. The smallest absolute Gasteiger partial charge is 0.196 e. The first-order chi connectivity index (χ1) is 7.72. The second-order valence-corrected chi connectivity index (χ2v) is 4.51. The summed E-state index contributed by atoms with van der Waals surface area (Å²) in [5.41, 5.74) is 0.964. The van der Waals surface area contributed by atoms with Crippen LogP contribution in [0.2, 0.25) is 0 Å². The summed E-state index contributed by atoms with van der Waals surface area (Å²) in [7, 11) is 0. The Hall–Kier alpha value is -1.35. The number of ketones is 1. The van der Waals surface area contributed by atoms with Crippen LogP contribution in [0.15, 0.2) is 36.4 Å². The maximum Gasteiger partial charge on any atom is 0.196 e. The molecule has 0 aliphatic rings. The summed E-state index contributed by atoms with van der Waals surface area (Å²) >= 11 is 1.19. The van der Waals surface area contributed by atoms with Crippen LogP contribution in [0.5, 0.6) is 0 Å². The molecule has 0 aliphatic heterocycles. The van der Waals surface area contributed by atoms with Gasteiger partial charge in [0.15, 0.2) is 10.9 Å². The van der Waals surface area contributed by atoms with Crippen LogP contribution >= 0.6 is 11.8 Å². The molecular weight excluding hydrogens is 220 g/mol. The van der Waals surface area contributed by atoms with Gasteiger partial charge in [-0.05, 0) is 17.4 Å². The van der Waals surface area contributed by atoms with Crippen LogP contribution in [0.3, 0.4) is 0 Å². The lowest BCUT2D eigenvalue weighted by Crippen LogP contribution is -2.01. The molecule has 0 amide bonds. The van der Waals surface area contributed by atoms with E-state index >= 15 is 0 Å². The van der Waals surface area contributed by atoms with E-state index in [0.29, 0.717) is 5.75 Å². The summed E-state index contributed by atoms with van der Waals surface area (Å²) in [4.78, 5) is 22.6. The van der Waals surface area contributed by atoms with Gasteiger partial charge in [0.05, 0.1) is 6.42 Å². The Labute approximate surface area is 99.7 Å². The number of carbonyl (C=O) groups is 2. The SMILES string of the molecule is CCSC(=O)CC(=O)/C=C/c1ccccc1. The highest BCUT2D eigenvalue weighted by atomic mass is 32.2. The number of benzene rings is 1. The minimum Gasteiger partial charge on any atom is -0.294 e. The molecule has 16 heavy (non-hydrogen) atoms. The van der Waals surface area contributed by atoms with E-state index in [9.17, 15) is 9.59 Å². The van der Waals surface area contributed by atoms with Crippen LogP contribution in [0, 0.1) is 0 Å². The van der Waals surface area contributed by atoms with E-state index in [1.807, 2.05) is 37.3 Å². The maximum atomic E-state index is 11.4. The van der Waals surface area contributed by atoms with Crippen molar-refractivity contribution in [3.8, 4) is 0 Å². The van der Waals surface area contributed by atoms with Gasteiger partial charge in [0.25, 0.3) is 0 Å². The average Bonchev–Trinajstić information content (AvgIpc) is 2.28. The van der Waals surface area contributed by atoms with Gasteiger partial charge in [0.2, 0.25) is 0 Å². The molecule has 0 heterocycles. The van der Waals surface area contributed by atoms with Crippen molar-refractivity contribution in [2.75, 3.05) is 5.75 Å². The monoisotopic (exact) mass is 234 g/mol. The van der Waals surface area contributed by atoms with Gasteiger partial charge in [-0.15, -0.1) is 0 Å². The van der Waals surface area contributed by atoms with E-state index in [2.05, 4.69) is 0 Å². The van der Waals surface area contributed by atoms with Gasteiger partial charge in [0, 0.05) is 0 Å². The minimum absolute atomic E-state index is 0.0121. The van der Waals surface area contributed by atoms with Crippen LogP contribution in [-0.2, 0) is 9.59 Å². The number of hydrogen-bond donors (Lipinski definition) is 0. The second-order valence-electron chi connectivity index (χ2n) is 3.19. The fourth-order valence-corrected chi connectivity index (χ4v) is 1.73. The fraction of sp³-hybridized carbons (Fsp3) is 0.231. The van der Waals surface area contributed by atoms with Crippen molar-refractivity contribution in [1.29, 1.82) is 0 Å². The average molecular weight is 234 g/mol. The van der Waals surface area contributed by atoms with E-state index in [0.717, 1.165) is 5.56 Å². The quantitative estimate of drug-likeness (QED) is 0.580. The lowest BCUT2D eigenvalue weighted by molar-refractivity contribution is -0.120. The third-order valence-corrected chi connectivity index (χ3v) is 2.64. The van der Waals surface area contributed by atoms with Crippen LogP contribution in [0.1, 0.15) is 18.9 Å². The molecule has 0 saturated carbocycles. The summed E-state index contributed by atoms with van der Waals surface area (Å²) in [5, 5.41) is -0.0646. The van der Waals surface area contributed by atoms with Crippen molar-refractivity contribution in [3.05, 3.63) is 42.0 Å². The van der Waals surface area contributed by atoms with Crippen molar-refractivity contribution < 1.29 is 9.59 Å². The van der Waals surface area contributed by atoms with Crippen LogP contribution in [0.25, 0.3) is 6.08 Å². The molecule has 0 unspecified atom stereocenters. The third kappa shape index (κ3) is 4.94. The number of thioether (sulfide) groups is 1. The van der Waals surface area contributed by atoms with Crippen LogP contribution in [-0.4, -0.2) is 16.7 Å². The van der Waals surface area contributed by atoms with Crippen LogP contribution in [0.4, 0.5) is 0 Å². The summed E-state index contributed by atoms with van der Waals surface area (Å²) < 4.78 is 0. The molecule has 0 bridgehead atoms. The first kappa shape index (κ1) is 12.7. The fourth-order valence-electron chi connectivity index (χ4n) is 1.17. The van der Waals surface area contributed by atoms with E-state index in [1.54, 1.807) is 6.08 Å². The van der Waals surface area contributed by atoms with E-state index in [4.69, 9.17) is 0 Å². The molecule has 0 aromatic heterocycles. The summed E-state index contributed by atoms with van der Waals surface area (Å²) in [6, 6.07) is 9.55. The Morgan fingerprint density at radius 1 is 1.25 bits per heavy atom. The first-order valence-corrected chi connectivity index (χ1v) is 6.12. The van der Waals surface area contributed by atoms with Gasteiger partial charge in [-0.2, -0.15) is 0 Å². The molecule has 84 valence electrons. The largest absolute Gasteiger partial charge is 0.294 e. The van der Waals surface area contributed by atoms with E-state index in [1.165, 1.54) is 17.8 Å². The molecule has 3 heteroatoms. The predicted molar refractivity (Wildman–Crippen MR) is 68.2 cm³/mol. The topological polar surface area (TPSA) is 34.1 Å². The number of allylic oxidation sites excluding steroid dienone is 1. The molecule has 0 radical (unpaired) electrons. The lowest BCUT2D eigenvalue weighted by Gasteiger charge is -1.94. The third-order valence-electron chi connectivity index (χ3n) is 1.89. The Morgan fingerprint density at radius 3 is 2.56 bits per heavy atom. The Bertz CT molecular complexity index is 382. The second kappa shape index (κ2) is 7.01. The zero-order valence-electron chi connectivity index (χ0n) is 9.18. The van der Waals surface area contributed by atoms with Crippen molar-refractivity contribution in [1.82, 2.24) is 0 Å². The Balaban J connectivity index is 2.46. The van der Waals surface area contributed by atoms with Crippen molar-refractivity contribution in [2.45, 2.75) is 13.3 Å². The van der Waals surface area contributed by atoms with Gasteiger partial charge >= 0.3 is 0 Å². The molecule has 0 spiro atoms. The molecule has 0 fully saturated rings. The van der Waals surface area contributed by atoms with Gasteiger partial charge < -0.3 is 0 Å². The maximum absolute atomic E-state index is 11.4. The summed E-state index contributed by atoms with van der Waals surface area (Å²) in [5.74, 6) is 0.573. The molecule has 0 atom stereocenters. The highest BCUT2D eigenvalue weighted by Gasteiger charge is 2.05. The van der Waals surface area contributed by atoms with Crippen molar-refractivity contribution in [3.63, 3.8) is 0 Å². The Morgan fingerprint density at radius 2 is 1.94 bits per heavy atom. The van der Waals surface area contributed by atoms with E-state index in [-0.39, 0.29) is 17.3 Å². The molecule has 1 rings (SSSR count). The van der Waals surface area contributed by atoms with Gasteiger partial charge in [-0.3, -0.25) is 9.59 Å². The molecule has 2 nitrogen and oxygen atoms in total. The standard InChI is InChI=1S/C13H14O2S/c1-2-16-13(15)10-12(14)9-8-11-6-4-3-5-7-11/h3-9H,2,10H2,1H3/b9-8+. The van der Waals surface area contributed by atoms with Gasteiger partial charge in [-0.1, -0.05) is 55.1 Å². The molecule has 0 N–H and O–H groups in total. The lowest BCUT2D eigenvalue weighted by atomic mass is 10.2. The normalized spacial score (nSPS) is 10.6. The minimum atomic E-state index is -0.144. The Kier molecular flexibility index (Phi) is 5.57. The molecular formula is C13H14O2S. The summed E-state index contributed by atoms with van der Waals surface area (Å²) in [6.07, 6.45) is 3.18. The van der Waals surface area contributed by atoms with Crippen LogP contribution < -0.4 is 0 Å². The molecule has 0 saturated heterocycles. The predicted octanol–water partition coefficient (Wildman–Crippen LogP) is 2.94. The molecule has 1 aromatic rings. The number of hydrogen-bond acceptors (Lipinski definition) is 3. The molecule has 1 aromatic carbocycles. The number of carbonyl (C=O) groups excluding carboxylic acids is 2. The first-order valence-electron chi connectivity index (χ1n) is 5.14.